The number of hydrogen-bond donors (Lipinski definition) is 2. The third-order valence-electron chi connectivity index (χ3n) is 5.00. The van der Waals surface area contributed by atoms with Crippen molar-refractivity contribution in [1.29, 1.82) is 0 Å². The molecule has 1 saturated carbocycles. The van der Waals surface area contributed by atoms with E-state index in [1.807, 2.05) is 60.8 Å². The molecule has 32 heavy (non-hydrogen) atoms. The maximum Gasteiger partial charge on any atom is 0.258 e. The second-order valence-electron chi connectivity index (χ2n) is 7.70. The molecule has 2 N–H and O–H groups in total. The Hall–Kier alpha value is -3.87. The van der Waals surface area contributed by atoms with Gasteiger partial charge in [0.1, 0.15) is 5.75 Å². The lowest BCUT2D eigenvalue weighted by molar-refractivity contribution is -0.123. The minimum Gasteiger partial charge on any atom is -0.484 e. The predicted octanol–water partition coefficient (Wildman–Crippen LogP) is 2.90. The monoisotopic (exact) mass is 430 g/mol. The van der Waals surface area contributed by atoms with E-state index in [9.17, 15) is 9.59 Å². The summed E-state index contributed by atoms with van der Waals surface area (Å²) in [6.45, 7) is 0.555. The van der Waals surface area contributed by atoms with E-state index in [-0.39, 0.29) is 18.4 Å². The standard InChI is InChI=1S/C25H26N4O3/c30-24(13-8-20-16-27-29(17-20)22-4-2-1-3-5-22)26-15-14-19-6-11-23(12-7-19)32-18-25(31)28-21-9-10-21/h1-8,11-13,16-17,21H,9-10,14-15,18H2,(H,26,30)(H,28,31). The fourth-order valence-corrected chi connectivity index (χ4v) is 3.10. The molecule has 1 fully saturated rings. The van der Waals surface area contributed by atoms with Gasteiger partial charge in [0.25, 0.3) is 5.91 Å². The molecule has 0 atom stereocenters. The minimum atomic E-state index is -0.154. The number of aromatic nitrogens is 2. The number of carbonyl (C=O) groups is 2. The molecule has 0 unspecified atom stereocenters. The van der Waals surface area contributed by atoms with Crippen LogP contribution in [0, 0.1) is 0 Å². The molecule has 0 radical (unpaired) electrons. The molecule has 2 amide bonds. The number of hydrogen-bond acceptors (Lipinski definition) is 4. The average molecular weight is 431 g/mol. The number of para-hydroxylation sites is 1. The van der Waals surface area contributed by atoms with Gasteiger partial charge >= 0.3 is 0 Å². The van der Waals surface area contributed by atoms with Gasteiger partial charge in [-0.25, -0.2) is 4.68 Å². The normalized spacial score (nSPS) is 13.1. The Balaban J connectivity index is 1.17. The Morgan fingerprint density at radius 3 is 2.62 bits per heavy atom. The van der Waals surface area contributed by atoms with Crippen LogP contribution in [0.15, 0.2) is 73.1 Å². The summed E-state index contributed by atoms with van der Waals surface area (Å²) in [7, 11) is 0. The lowest BCUT2D eigenvalue weighted by Gasteiger charge is -2.08. The van der Waals surface area contributed by atoms with Crippen molar-refractivity contribution in [2.24, 2.45) is 0 Å². The lowest BCUT2D eigenvalue weighted by Crippen LogP contribution is -2.30. The molecule has 4 rings (SSSR count). The van der Waals surface area contributed by atoms with E-state index in [0.717, 1.165) is 29.7 Å². The Bertz CT molecular complexity index is 1070. The van der Waals surface area contributed by atoms with Crippen molar-refractivity contribution in [2.75, 3.05) is 13.2 Å². The molecule has 0 bridgehead atoms. The molecule has 1 aliphatic rings. The zero-order chi connectivity index (χ0) is 22.2. The first-order chi connectivity index (χ1) is 15.7. The van der Waals surface area contributed by atoms with Gasteiger partial charge in [-0.1, -0.05) is 30.3 Å². The summed E-state index contributed by atoms with van der Waals surface area (Å²) >= 11 is 0. The molecule has 1 aromatic heterocycles. The van der Waals surface area contributed by atoms with Crippen molar-refractivity contribution in [2.45, 2.75) is 25.3 Å². The van der Waals surface area contributed by atoms with Gasteiger partial charge in [-0.2, -0.15) is 5.10 Å². The molecule has 3 aromatic rings. The molecule has 1 heterocycles. The number of nitrogens with zero attached hydrogens (tertiary/aromatic N) is 2. The van der Waals surface area contributed by atoms with Crippen molar-refractivity contribution >= 4 is 17.9 Å². The van der Waals surface area contributed by atoms with Crippen LogP contribution >= 0.6 is 0 Å². The second kappa shape index (κ2) is 10.4. The summed E-state index contributed by atoms with van der Waals surface area (Å²) in [6, 6.07) is 17.7. The van der Waals surface area contributed by atoms with Crippen LogP contribution in [0.2, 0.25) is 0 Å². The highest BCUT2D eigenvalue weighted by Gasteiger charge is 2.23. The number of benzene rings is 2. The fourth-order valence-electron chi connectivity index (χ4n) is 3.10. The summed E-state index contributed by atoms with van der Waals surface area (Å²) in [4.78, 5) is 23.7. The summed E-state index contributed by atoms with van der Waals surface area (Å²) in [5.74, 6) is 0.418. The molecule has 7 nitrogen and oxygen atoms in total. The van der Waals surface area contributed by atoms with E-state index in [1.165, 1.54) is 6.08 Å². The number of rotatable bonds is 10. The van der Waals surface area contributed by atoms with Crippen LogP contribution < -0.4 is 15.4 Å². The number of amides is 2. The van der Waals surface area contributed by atoms with Gasteiger partial charge in [0.2, 0.25) is 5.91 Å². The third-order valence-corrected chi connectivity index (χ3v) is 5.00. The quantitative estimate of drug-likeness (QED) is 0.485. The Kier molecular flexibility index (Phi) is 6.97. The summed E-state index contributed by atoms with van der Waals surface area (Å²) in [5, 5.41) is 10.1. The molecule has 7 heteroatoms. The van der Waals surface area contributed by atoms with Crippen molar-refractivity contribution < 1.29 is 14.3 Å². The van der Waals surface area contributed by atoms with Gasteiger partial charge in [-0.15, -0.1) is 0 Å². The molecule has 2 aromatic carbocycles. The summed E-state index contributed by atoms with van der Waals surface area (Å²) in [6.07, 6.45) is 9.67. The maximum atomic E-state index is 12.1. The van der Waals surface area contributed by atoms with Crippen LogP contribution in [0.4, 0.5) is 0 Å². The molecule has 1 aliphatic carbocycles. The van der Waals surface area contributed by atoms with E-state index < -0.39 is 0 Å². The third kappa shape index (κ3) is 6.57. The van der Waals surface area contributed by atoms with Crippen LogP contribution in [0.25, 0.3) is 11.8 Å². The van der Waals surface area contributed by atoms with Gasteiger partial charge in [-0.3, -0.25) is 9.59 Å². The van der Waals surface area contributed by atoms with Gasteiger partial charge in [0.15, 0.2) is 6.61 Å². The van der Waals surface area contributed by atoms with Crippen LogP contribution in [0.1, 0.15) is 24.0 Å². The zero-order valence-corrected chi connectivity index (χ0v) is 17.7. The van der Waals surface area contributed by atoms with Crippen LogP contribution in [-0.2, 0) is 16.0 Å². The summed E-state index contributed by atoms with van der Waals surface area (Å²) in [5.41, 5.74) is 2.90. The number of ether oxygens (including phenoxy) is 1. The topological polar surface area (TPSA) is 85.2 Å². The van der Waals surface area contributed by atoms with E-state index in [4.69, 9.17) is 4.74 Å². The number of carbonyl (C=O) groups excluding carboxylic acids is 2. The van der Waals surface area contributed by atoms with Gasteiger partial charge < -0.3 is 15.4 Å². The Labute approximate surface area is 187 Å². The van der Waals surface area contributed by atoms with Crippen molar-refractivity contribution in [1.82, 2.24) is 20.4 Å². The highest BCUT2D eigenvalue weighted by atomic mass is 16.5. The Morgan fingerprint density at radius 2 is 1.88 bits per heavy atom. The first kappa shape index (κ1) is 21.4. The molecular formula is C25H26N4O3. The van der Waals surface area contributed by atoms with Gasteiger partial charge in [0, 0.05) is 30.4 Å². The van der Waals surface area contributed by atoms with Crippen LogP contribution in [0.3, 0.4) is 0 Å². The molecule has 0 aliphatic heterocycles. The first-order valence-corrected chi connectivity index (χ1v) is 10.7. The smallest absolute Gasteiger partial charge is 0.258 e. The van der Waals surface area contributed by atoms with Gasteiger partial charge in [0.05, 0.1) is 11.9 Å². The Morgan fingerprint density at radius 1 is 1.09 bits per heavy atom. The second-order valence-corrected chi connectivity index (χ2v) is 7.70. The predicted molar refractivity (Wildman–Crippen MR) is 122 cm³/mol. The van der Waals surface area contributed by atoms with E-state index in [0.29, 0.717) is 24.8 Å². The molecular weight excluding hydrogens is 404 g/mol. The fraction of sp³-hybridized carbons (Fsp3) is 0.240. The largest absolute Gasteiger partial charge is 0.484 e. The molecule has 0 saturated heterocycles. The summed E-state index contributed by atoms with van der Waals surface area (Å²) < 4.78 is 7.27. The molecule has 0 spiro atoms. The van der Waals surface area contributed by atoms with Crippen molar-refractivity contribution in [3.63, 3.8) is 0 Å². The van der Waals surface area contributed by atoms with Gasteiger partial charge in [-0.05, 0) is 55.2 Å². The zero-order valence-electron chi connectivity index (χ0n) is 17.7. The van der Waals surface area contributed by atoms with Crippen LogP contribution in [0.5, 0.6) is 5.75 Å². The lowest BCUT2D eigenvalue weighted by atomic mass is 10.1. The highest BCUT2D eigenvalue weighted by molar-refractivity contribution is 5.91. The number of nitrogens with one attached hydrogen (secondary N) is 2. The SMILES string of the molecule is O=C(C=Cc1cnn(-c2ccccc2)c1)NCCc1ccc(OCC(=O)NC2CC2)cc1. The highest BCUT2D eigenvalue weighted by Crippen LogP contribution is 2.18. The van der Waals surface area contributed by atoms with Crippen molar-refractivity contribution in [3.05, 3.63) is 84.2 Å². The van der Waals surface area contributed by atoms with Crippen molar-refractivity contribution in [3.8, 4) is 11.4 Å². The van der Waals surface area contributed by atoms with E-state index in [2.05, 4.69) is 15.7 Å². The van der Waals surface area contributed by atoms with E-state index >= 15 is 0 Å². The first-order valence-electron chi connectivity index (χ1n) is 10.7. The van der Waals surface area contributed by atoms with Crippen LogP contribution in [-0.4, -0.2) is 40.8 Å². The average Bonchev–Trinajstić information content (AvgIpc) is 3.50. The van der Waals surface area contributed by atoms with E-state index in [1.54, 1.807) is 17.0 Å². The molecule has 164 valence electrons. The minimum absolute atomic E-state index is 0.0302. The maximum absolute atomic E-state index is 12.1.